The Kier molecular flexibility index (Phi) is 6.85. The molecule has 4 rings (SSSR count). The number of ether oxygens (including phenoxy) is 2. The average molecular weight is 474 g/mol. The van der Waals surface area contributed by atoms with Crippen molar-refractivity contribution in [3.8, 4) is 5.75 Å². The normalized spacial score (nSPS) is 20.3. The van der Waals surface area contributed by atoms with E-state index in [-0.39, 0.29) is 25.0 Å². The molecule has 2 heterocycles. The predicted octanol–water partition coefficient (Wildman–Crippen LogP) is 2.15. The summed E-state index contributed by atoms with van der Waals surface area (Å²) in [5, 5.41) is 5.64. The van der Waals surface area contributed by atoms with E-state index in [4.69, 9.17) is 9.47 Å². The van der Waals surface area contributed by atoms with Gasteiger partial charge in [0.25, 0.3) is 11.8 Å². The molecule has 2 aromatic rings. The summed E-state index contributed by atoms with van der Waals surface area (Å²) >= 11 is 0. The lowest BCUT2D eigenvalue weighted by molar-refractivity contribution is -0.122. The van der Waals surface area contributed by atoms with Gasteiger partial charge in [-0.3, -0.25) is 13.9 Å². The summed E-state index contributed by atoms with van der Waals surface area (Å²) in [5.41, 5.74) is 1.08. The molecular weight excluding hydrogens is 446 g/mol. The van der Waals surface area contributed by atoms with E-state index < -0.39 is 22.0 Å². The minimum absolute atomic E-state index is 0.00736. The zero-order valence-corrected chi connectivity index (χ0v) is 19.1. The minimum Gasteiger partial charge on any atom is -0.478 e. The number of sulfonamides is 1. The Bertz CT molecular complexity index is 1130. The van der Waals surface area contributed by atoms with Gasteiger partial charge in [0.15, 0.2) is 6.10 Å². The molecule has 2 atom stereocenters. The average Bonchev–Trinajstić information content (AvgIpc) is 3.22. The molecule has 2 N–H and O–H groups in total. The summed E-state index contributed by atoms with van der Waals surface area (Å²) in [7, 11) is -3.54. The molecule has 10 heteroatoms. The fourth-order valence-electron chi connectivity index (χ4n) is 3.97. The lowest BCUT2D eigenvalue weighted by Gasteiger charge is -2.20. The molecule has 0 radical (unpaired) electrons. The molecule has 0 bridgehead atoms. The number of hydrogen-bond acceptors (Lipinski definition) is 6. The zero-order valence-electron chi connectivity index (χ0n) is 18.3. The number of carbonyl (C=O) groups excluding carboxylic acids is 2. The van der Waals surface area contributed by atoms with Crippen molar-refractivity contribution in [1.29, 1.82) is 0 Å². The van der Waals surface area contributed by atoms with Crippen molar-refractivity contribution in [2.75, 3.05) is 35.6 Å². The van der Waals surface area contributed by atoms with Crippen LogP contribution in [0, 0.1) is 0 Å². The molecule has 2 aromatic carbocycles. The second-order valence-electron chi connectivity index (χ2n) is 8.08. The Morgan fingerprint density at radius 1 is 1.09 bits per heavy atom. The number of fused-ring (bicyclic) bond motifs is 1. The lowest BCUT2D eigenvalue weighted by Crippen LogP contribution is -2.37. The first-order valence-corrected chi connectivity index (χ1v) is 12.7. The Labute approximate surface area is 193 Å². The van der Waals surface area contributed by atoms with Gasteiger partial charge >= 0.3 is 0 Å². The number of rotatable bonds is 6. The molecule has 2 amide bonds. The molecule has 0 aliphatic carbocycles. The van der Waals surface area contributed by atoms with Gasteiger partial charge in [0.1, 0.15) is 5.75 Å². The summed E-state index contributed by atoms with van der Waals surface area (Å²) in [6.45, 7) is 1.21. The molecule has 0 spiro atoms. The first-order chi connectivity index (χ1) is 15.8. The SMILES string of the molecule is CS(=O)(=O)N1CC[C@@H](C(=O)Nc2ccccc2C(=O)NC[C@@H]2CCCO2)Oc2ccccc21. The van der Waals surface area contributed by atoms with Gasteiger partial charge in [0.2, 0.25) is 10.0 Å². The highest BCUT2D eigenvalue weighted by Gasteiger charge is 2.31. The predicted molar refractivity (Wildman–Crippen MR) is 124 cm³/mol. The van der Waals surface area contributed by atoms with Crippen molar-refractivity contribution in [3.63, 3.8) is 0 Å². The Morgan fingerprint density at radius 3 is 2.61 bits per heavy atom. The van der Waals surface area contributed by atoms with Gasteiger partial charge in [0, 0.05) is 26.1 Å². The van der Waals surface area contributed by atoms with Crippen molar-refractivity contribution in [1.82, 2.24) is 5.32 Å². The van der Waals surface area contributed by atoms with Crippen LogP contribution < -0.4 is 19.7 Å². The van der Waals surface area contributed by atoms with Gasteiger partial charge in [-0.2, -0.15) is 0 Å². The molecule has 0 aromatic heterocycles. The quantitative estimate of drug-likeness (QED) is 0.665. The van der Waals surface area contributed by atoms with Gasteiger partial charge in [0.05, 0.1) is 29.3 Å². The first-order valence-electron chi connectivity index (χ1n) is 10.9. The third-order valence-electron chi connectivity index (χ3n) is 5.63. The Morgan fingerprint density at radius 2 is 1.85 bits per heavy atom. The van der Waals surface area contributed by atoms with Crippen LogP contribution in [0.15, 0.2) is 48.5 Å². The van der Waals surface area contributed by atoms with Gasteiger partial charge in [-0.25, -0.2) is 8.42 Å². The van der Waals surface area contributed by atoms with E-state index in [9.17, 15) is 18.0 Å². The number of para-hydroxylation sites is 3. The Balaban J connectivity index is 1.48. The number of amides is 2. The molecule has 2 aliphatic rings. The topological polar surface area (TPSA) is 114 Å². The first kappa shape index (κ1) is 23.1. The molecular formula is C23H27N3O6S. The molecule has 33 heavy (non-hydrogen) atoms. The van der Waals surface area contributed by atoms with Crippen molar-refractivity contribution in [3.05, 3.63) is 54.1 Å². The molecule has 0 unspecified atom stereocenters. The molecule has 1 fully saturated rings. The minimum atomic E-state index is -3.54. The van der Waals surface area contributed by atoms with Crippen LogP contribution in [0.1, 0.15) is 29.6 Å². The molecule has 2 aliphatic heterocycles. The number of nitrogens with one attached hydrogen (secondary N) is 2. The zero-order chi connectivity index (χ0) is 23.4. The van der Waals surface area contributed by atoms with Crippen LogP contribution >= 0.6 is 0 Å². The summed E-state index contributed by atoms with van der Waals surface area (Å²) in [6, 6.07) is 13.4. The van der Waals surface area contributed by atoms with Crippen LogP contribution in [-0.2, 0) is 19.6 Å². The maximum atomic E-state index is 13.1. The van der Waals surface area contributed by atoms with E-state index in [1.807, 2.05) is 0 Å². The number of anilines is 2. The monoisotopic (exact) mass is 473 g/mol. The summed E-state index contributed by atoms with van der Waals surface area (Å²) < 4.78 is 37.2. The summed E-state index contributed by atoms with van der Waals surface area (Å²) in [6.07, 6.45) is 2.24. The van der Waals surface area contributed by atoms with Crippen LogP contribution in [0.25, 0.3) is 0 Å². The van der Waals surface area contributed by atoms with E-state index in [1.165, 1.54) is 4.31 Å². The molecule has 1 saturated heterocycles. The van der Waals surface area contributed by atoms with Gasteiger partial charge in [-0.05, 0) is 37.1 Å². The summed E-state index contributed by atoms with van der Waals surface area (Å²) in [5.74, 6) is -0.459. The lowest BCUT2D eigenvalue weighted by atomic mass is 10.1. The van der Waals surface area contributed by atoms with Crippen molar-refractivity contribution >= 4 is 33.2 Å². The summed E-state index contributed by atoms with van der Waals surface area (Å²) in [4.78, 5) is 25.8. The number of benzene rings is 2. The maximum absolute atomic E-state index is 13.1. The standard InChI is InChI=1S/C23H27N3O6S/c1-33(29,30)26-13-12-21(32-20-11-5-4-10-19(20)26)23(28)25-18-9-3-2-8-17(18)22(27)24-15-16-7-6-14-31-16/h2-5,8-11,16,21H,6-7,12-15H2,1H3,(H,24,27)(H,25,28)/t16-,21-/m0/s1. The van der Waals surface area contributed by atoms with E-state index in [0.717, 1.165) is 19.1 Å². The van der Waals surface area contributed by atoms with Crippen LogP contribution in [0.2, 0.25) is 0 Å². The van der Waals surface area contributed by atoms with Crippen LogP contribution in [-0.4, -0.2) is 58.4 Å². The highest BCUT2D eigenvalue weighted by atomic mass is 32.2. The van der Waals surface area contributed by atoms with Gasteiger partial charge in [-0.1, -0.05) is 24.3 Å². The Hall–Kier alpha value is -3.11. The van der Waals surface area contributed by atoms with Crippen molar-refractivity contribution in [2.45, 2.75) is 31.5 Å². The van der Waals surface area contributed by atoms with E-state index >= 15 is 0 Å². The number of hydrogen-bond donors (Lipinski definition) is 2. The van der Waals surface area contributed by atoms with Crippen LogP contribution in [0.3, 0.4) is 0 Å². The smallest absolute Gasteiger partial charge is 0.265 e. The van der Waals surface area contributed by atoms with Crippen molar-refractivity contribution < 1.29 is 27.5 Å². The fraction of sp³-hybridized carbons (Fsp3) is 0.391. The second-order valence-corrected chi connectivity index (χ2v) is 9.98. The molecule has 0 saturated carbocycles. The maximum Gasteiger partial charge on any atom is 0.265 e. The third kappa shape index (κ3) is 5.45. The number of carbonyl (C=O) groups is 2. The third-order valence-corrected chi connectivity index (χ3v) is 6.81. The molecule has 176 valence electrons. The van der Waals surface area contributed by atoms with E-state index in [1.54, 1.807) is 48.5 Å². The van der Waals surface area contributed by atoms with E-state index in [2.05, 4.69) is 10.6 Å². The largest absolute Gasteiger partial charge is 0.478 e. The van der Waals surface area contributed by atoms with E-state index in [0.29, 0.717) is 35.8 Å². The van der Waals surface area contributed by atoms with Gasteiger partial charge < -0.3 is 20.1 Å². The fourth-order valence-corrected chi connectivity index (χ4v) is 4.91. The van der Waals surface area contributed by atoms with Gasteiger partial charge in [-0.15, -0.1) is 0 Å². The molecule has 9 nitrogen and oxygen atoms in total. The van der Waals surface area contributed by atoms with Crippen LogP contribution in [0.4, 0.5) is 11.4 Å². The highest BCUT2D eigenvalue weighted by molar-refractivity contribution is 7.92. The van der Waals surface area contributed by atoms with Crippen molar-refractivity contribution in [2.24, 2.45) is 0 Å². The highest BCUT2D eigenvalue weighted by Crippen LogP contribution is 2.34. The number of nitrogens with zero attached hydrogens (tertiary/aromatic N) is 1. The van der Waals surface area contributed by atoms with Crippen LogP contribution in [0.5, 0.6) is 5.75 Å². The second kappa shape index (κ2) is 9.80.